The van der Waals surface area contributed by atoms with E-state index in [0.29, 0.717) is 31.6 Å². The van der Waals surface area contributed by atoms with Crippen LogP contribution in [0.1, 0.15) is 23.3 Å². The van der Waals surface area contributed by atoms with Gasteiger partial charge in [-0.05, 0) is 0 Å². The molecule has 0 aliphatic carbocycles. The molecule has 0 N–H and O–H groups in total. The minimum absolute atomic E-state index is 0.143. The van der Waals surface area contributed by atoms with Crippen molar-refractivity contribution in [3.05, 3.63) is 37.4 Å². The van der Waals surface area contributed by atoms with Crippen LogP contribution in [0.5, 0.6) is 0 Å². The molecule has 1 aliphatic heterocycles. The number of aromatic nitrogens is 2. The Balaban J connectivity index is 0.000000686. The Bertz CT molecular complexity index is 382. The molecule has 0 spiro atoms. The minimum atomic E-state index is -0.143. The van der Waals surface area contributed by atoms with E-state index in [4.69, 9.17) is 0 Å². The maximum atomic E-state index is 11.8. The summed E-state index contributed by atoms with van der Waals surface area (Å²) in [4.78, 5) is 32.2. The molecule has 1 saturated heterocycles. The van der Waals surface area contributed by atoms with Gasteiger partial charge in [-0.15, -0.1) is 13.2 Å². The number of hydrogen-bond donors (Lipinski definition) is 0. The van der Waals surface area contributed by atoms with Crippen molar-refractivity contribution >= 4 is 11.7 Å². The van der Waals surface area contributed by atoms with E-state index in [0.717, 1.165) is 0 Å². The van der Waals surface area contributed by atoms with Crippen molar-refractivity contribution < 1.29 is 9.59 Å². The van der Waals surface area contributed by atoms with E-state index in [1.54, 1.807) is 4.90 Å². The maximum Gasteiger partial charge on any atom is 0.274 e. The van der Waals surface area contributed by atoms with Gasteiger partial charge in [0.1, 0.15) is 11.5 Å². The summed E-state index contributed by atoms with van der Waals surface area (Å²) in [6.07, 6.45) is 5.36. The third kappa shape index (κ3) is 3.48. The molecular weight excluding hydrogens is 218 g/mol. The molecule has 0 atom stereocenters. The lowest BCUT2D eigenvalue weighted by atomic mass is 10.1. The van der Waals surface area contributed by atoms with Crippen molar-refractivity contribution in [3.63, 3.8) is 0 Å². The summed E-state index contributed by atoms with van der Waals surface area (Å²) in [7, 11) is 0. The molecule has 1 aromatic heterocycles. The number of piperidine rings is 1. The Labute approximate surface area is 100 Å². The molecular formula is C12H15N3O2. The van der Waals surface area contributed by atoms with Crippen LogP contribution in [-0.4, -0.2) is 39.6 Å². The summed E-state index contributed by atoms with van der Waals surface area (Å²) >= 11 is 0. The second-order valence-electron chi connectivity index (χ2n) is 3.42. The van der Waals surface area contributed by atoms with Crippen LogP contribution in [0.15, 0.2) is 31.7 Å². The highest BCUT2D eigenvalue weighted by Gasteiger charge is 2.22. The smallest absolute Gasteiger partial charge is 0.274 e. The fourth-order valence-electron chi connectivity index (χ4n) is 1.53. The van der Waals surface area contributed by atoms with Gasteiger partial charge < -0.3 is 4.90 Å². The molecule has 90 valence electrons. The lowest BCUT2D eigenvalue weighted by molar-refractivity contribution is -0.120. The van der Waals surface area contributed by atoms with Crippen LogP contribution in [0.25, 0.3) is 0 Å². The number of nitrogens with zero attached hydrogens (tertiary/aromatic N) is 3. The van der Waals surface area contributed by atoms with Gasteiger partial charge in [0.2, 0.25) is 0 Å². The summed E-state index contributed by atoms with van der Waals surface area (Å²) < 4.78 is 0. The third-order valence-corrected chi connectivity index (χ3v) is 2.39. The Morgan fingerprint density at radius 1 is 1.24 bits per heavy atom. The fraction of sp³-hybridized carbons (Fsp3) is 0.333. The van der Waals surface area contributed by atoms with Crippen LogP contribution in [-0.2, 0) is 4.79 Å². The maximum absolute atomic E-state index is 11.8. The van der Waals surface area contributed by atoms with Crippen LogP contribution < -0.4 is 0 Å². The van der Waals surface area contributed by atoms with Gasteiger partial charge in [0.05, 0.1) is 6.20 Å². The molecule has 2 rings (SSSR count). The minimum Gasteiger partial charge on any atom is -0.336 e. The number of ketones is 1. The number of hydrogen-bond acceptors (Lipinski definition) is 4. The van der Waals surface area contributed by atoms with E-state index >= 15 is 0 Å². The topological polar surface area (TPSA) is 63.2 Å². The van der Waals surface area contributed by atoms with Crippen LogP contribution in [0.3, 0.4) is 0 Å². The second-order valence-corrected chi connectivity index (χ2v) is 3.42. The molecule has 0 bridgehead atoms. The molecule has 5 heteroatoms. The average molecular weight is 233 g/mol. The first-order valence-corrected chi connectivity index (χ1v) is 5.34. The highest BCUT2D eigenvalue weighted by Crippen LogP contribution is 2.08. The number of carbonyl (C=O) groups is 2. The van der Waals surface area contributed by atoms with Gasteiger partial charge in [-0.3, -0.25) is 14.6 Å². The Kier molecular flexibility index (Phi) is 5.00. The molecule has 1 aliphatic rings. The van der Waals surface area contributed by atoms with Gasteiger partial charge in [-0.2, -0.15) is 0 Å². The first-order valence-electron chi connectivity index (χ1n) is 5.34. The van der Waals surface area contributed by atoms with Crippen molar-refractivity contribution in [2.45, 2.75) is 12.8 Å². The van der Waals surface area contributed by atoms with E-state index in [2.05, 4.69) is 23.1 Å². The molecule has 1 aromatic rings. The van der Waals surface area contributed by atoms with E-state index in [1.807, 2.05) is 0 Å². The normalized spacial score (nSPS) is 14.8. The second kappa shape index (κ2) is 6.52. The van der Waals surface area contributed by atoms with Gasteiger partial charge in [0.25, 0.3) is 5.91 Å². The first-order chi connectivity index (χ1) is 8.27. The van der Waals surface area contributed by atoms with Crippen molar-refractivity contribution in [1.82, 2.24) is 14.9 Å². The fourth-order valence-corrected chi connectivity index (χ4v) is 1.53. The van der Waals surface area contributed by atoms with Gasteiger partial charge in [-0.25, -0.2) is 4.98 Å². The summed E-state index contributed by atoms with van der Waals surface area (Å²) in [5.41, 5.74) is 0.340. The lowest BCUT2D eigenvalue weighted by Gasteiger charge is -2.25. The average Bonchev–Trinajstić information content (AvgIpc) is 2.42. The summed E-state index contributed by atoms with van der Waals surface area (Å²) in [5.74, 6) is 0.0776. The zero-order valence-electron chi connectivity index (χ0n) is 9.63. The molecule has 0 radical (unpaired) electrons. The zero-order chi connectivity index (χ0) is 12.7. The molecule has 5 nitrogen and oxygen atoms in total. The Morgan fingerprint density at radius 3 is 2.41 bits per heavy atom. The molecule has 1 fully saturated rings. The molecule has 2 heterocycles. The van der Waals surface area contributed by atoms with Crippen LogP contribution in [0.4, 0.5) is 0 Å². The quantitative estimate of drug-likeness (QED) is 0.681. The van der Waals surface area contributed by atoms with Gasteiger partial charge in [-0.1, -0.05) is 0 Å². The van der Waals surface area contributed by atoms with Gasteiger partial charge >= 0.3 is 0 Å². The molecule has 17 heavy (non-hydrogen) atoms. The molecule has 0 aromatic carbocycles. The Hall–Kier alpha value is -2.04. The predicted octanol–water partition coefficient (Wildman–Crippen LogP) is 1.08. The van der Waals surface area contributed by atoms with Gasteiger partial charge in [0.15, 0.2) is 0 Å². The van der Waals surface area contributed by atoms with Crippen molar-refractivity contribution in [1.29, 1.82) is 0 Å². The number of Topliss-reactive ketones (excluding diaryl/α,β-unsaturated/α-hetero) is 1. The lowest BCUT2D eigenvalue weighted by Crippen LogP contribution is -2.38. The van der Waals surface area contributed by atoms with E-state index in [1.165, 1.54) is 18.6 Å². The van der Waals surface area contributed by atoms with Crippen molar-refractivity contribution in [3.8, 4) is 0 Å². The van der Waals surface area contributed by atoms with Crippen molar-refractivity contribution in [2.75, 3.05) is 13.1 Å². The van der Waals surface area contributed by atoms with Crippen LogP contribution >= 0.6 is 0 Å². The highest BCUT2D eigenvalue weighted by molar-refractivity contribution is 5.93. The van der Waals surface area contributed by atoms with Crippen molar-refractivity contribution in [2.24, 2.45) is 0 Å². The third-order valence-electron chi connectivity index (χ3n) is 2.39. The van der Waals surface area contributed by atoms with Crippen LogP contribution in [0.2, 0.25) is 0 Å². The van der Waals surface area contributed by atoms with E-state index < -0.39 is 0 Å². The van der Waals surface area contributed by atoms with E-state index in [-0.39, 0.29) is 11.7 Å². The number of carbonyl (C=O) groups excluding carboxylic acids is 2. The Morgan fingerprint density at radius 2 is 1.88 bits per heavy atom. The summed E-state index contributed by atoms with van der Waals surface area (Å²) in [6, 6.07) is 0. The molecule has 0 unspecified atom stereocenters. The number of amides is 1. The number of likely N-dealkylation sites (tertiary alicyclic amines) is 1. The zero-order valence-corrected chi connectivity index (χ0v) is 9.63. The van der Waals surface area contributed by atoms with Crippen LogP contribution in [0, 0.1) is 0 Å². The first kappa shape index (κ1) is 13.0. The van der Waals surface area contributed by atoms with E-state index in [9.17, 15) is 9.59 Å². The largest absolute Gasteiger partial charge is 0.336 e. The monoisotopic (exact) mass is 233 g/mol. The number of rotatable bonds is 1. The molecule has 1 amide bonds. The molecule has 0 saturated carbocycles. The van der Waals surface area contributed by atoms with Gasteiger partial charge in [0, 0.05) is 38.3 Å². The predicted molar refractivity (Wildman–Crippen MR) is 63.4 cm³/mol. The standard InChI is InChI=1S/C10H11N3O2.C2H4/c14-8-1-5-13(6-2-8)10(15)9-7-11-3-4-12-9;1-2/h3-4,7H,1-2,5-6H2;1-2H2. The summed E-state index contributed by atoms with van der Waals surface area (Å²) in [5, 5.41) is 0. The summed E-state index contributed by atoms with van der Waals surface area (Å²) in [6.45, 7) is 6.99. The highest BCUT2D eigenvalue weighted by atomic mass is 16.2. The SMILES string of the molecule is C=C.O=C1CCN(C(=O)c2cnccn2)CC1.